The van der Waals surface area contributed by atoms with Crippen molar-refractivity contribution in [2.75, 3.05) is 6.54 Å². The topological polar surface area (TPSA) is 12.0 Å². The van der Waals surface area contributed by atoms with E-state index >= 15 is 0 Å². The van der Waals surface area contributed by atoms with E-state index in [4.69, 9.17) is 0 Å². The molecule has 86 valence electrons. The van der Waals surface area contributed by atoms with Gasteiger partial charge in [0.05, 0.1) is 0 Å². The zero-order valence-electron chi connectivity index (χ0n) is 10.5. The molecular formula is C14H25N. The molecule has 1 aliphatic rings. The van der Waals surface area contributed by atoms with Gasteiger partial charge in [0, 0.05) is 12.5 Å². The Kier molecular flexibility index (Phi) is 5.79. The van der Waals surface area contributed by atoms with Crippen molar-refractivity contribution in [1.29, 1.82) is 0 Å². The summed E-state index contributed by atoms with van der Waals surface area (Å²) in [5, 5.41) is 3.64. The molecule has 0 aromatic rings. The van der Waals surface area contributed by atoms with Gasteiger partial charge in [0.1, 0.15) is 0 Å². The first-order valence-corrected chi connectivity index (χ1v) is 6.40. The van der Waals surface area contributed by atoms with Gasteiger partial charge in [-0.05, 0) is 44.6 Å². The van der Waals surface area contributed by atoms with Crippen LogP contribution in [0.2, 0.25) is 0 Å². The van der Waals surface area contributed by atoms with Crippen molar-refractivity contribution in [2.24, 2.45) is 11.8 Å². The lowest BCUT2D eigenvalue weighted by atomic mass is 9.93. The molecule has 3 unspecified atom stereocenters. The molecule has 0 amide bonds. The Morgan fingerprint density at radius 2 is 2.20 bits per heavy atom. The number of rotatable bonds is 5. The van der Waals surface area contributed by atoms with Crippen LogP contribution in [-0.2, 0) is 0 Å². The van der Waals surface area contributed by atoms with Crippen molar-refractivity contribution in [2.45, 2.75) is 58.9 Å². The summed E-state index contributed by atoms with van der Waals surface area (Å²) in [6.45, 7) is 7.61. The third kappa shape index (κ3) is 4.26. The van der Waals surface area contributed by atoms with Crippen LogP contribution in [0.3, 0.4) is 0 Å². The van der Waals surface area contributed by atoms with Crippen LogP contribution in [-0.4, -0.2) is 12.6 Å². The Morgan fingerprint density at radius 1 is 1.40 bits per heavy atom. The van der Waals surface area contributed by atoms with Crippen LogP contribution in [0.25, 0.3) is 0 Å². The fourth-order valence-corrected chi connectivity index (χ4v) is 2.74. The van der Waals surface area contributed by atoms with Crippen LogP contribution < -0.4 is 5.32 Å². The molecule has 0 heterocycles. The molecule has 15 heavy (non-hydrogen) atoms. The highest BCUT2D eigenvalue weighted by molar-refractivity contribution is 4.96. The summed E-state index contributed by atoms with van der Waals surface area (Å²) in [6, 6.07) is 0.709. The van der Waals surface area contributed by atoms with Gasteiger partial charge < -0.3 is 5.32 Å². The van der Waals surface area contributed by atoms with E-state index in [0.717, 1.165) is 24.8 Å². The second-order valence-corrected chi connectivity index (χ2v) is 4.81. The molecular weight excluding hydrogens is 182 g/mol. The first kappa shape index (κ1) is 12.6. The highest BCUT2D eigenvalue weighted by Gasteiger charge is 2.27. The minimum atomic E-state index is 0.709. The molecule has 1 rings (SSSR count). The van der Waals surface area contributed by atoms with Gasteiger partial charge in [0.15, 0.2) is 0 Å². The predicted molar refractivity (Wildman–Crippen MR) is 66.7 cm³/mol. The van der Waals surface area contributed by atoms with Crippen LogP contribution in [0.1, 0.15) is 52.9 Å². The van der Waals surface area contributed by atoms with Crippen LogP contribution in [0.5, 0.6) is 0 Å². The summed E-state index contributed by atoms with van der Waals surface area (Å²) in [6.07, 6.45) is 6.53. The maximum absolute atomic E-state index is 3.64. The van der Waals surface area contributed by atoms with E-state index < -0.39 is 0 Å². The van der Waals surface area contributed by atoms with Crippen molar-refractivity contribution >= 4 is 0 Å². The first-order chi connectivity index (χ1) is 7.27. The molecule has 0 bridgehead atoms. The Bertz CT molecular complexity index is 223. The van der Waals surface area contributed by atoms with Crippen LogP contribution >= 0.6 is 0 Å². The molecule has 3 atom stereocenters. The van der Waals surface area contributed by atoms with Gasteiger partial charge in [-0.15, -0.1) is 11.8 Å². The second kappa shape index (κ2) is 6.90. The third-order valence-electron chi connectivity index (χ3n) is 3.53. The molecule has 1 nitrogen and oxygen atoms in total. The second-order valence-electron chi connectivity index (χ2n) is 4.81. The average Bonchev–Trinajstić information content (AvgIpc) is 2.64. The van der Waals surface area contributed by atoms with Gasteiger partial charge in [-0.2, -0.15) is 0 Å². The summed E-state index contributed by atoms with van der Waals surface area (Å²) in [5.74, 6) is 8.01. The molecule has 1 fully saturated rings. The van der Waals surface area contributed by atoms with Gasteiger partial charge in [-0.25, -0.2) is 0 Å². The Morgan fingerprint density at radius 3 is 2.73 bits per heavy atom. The lowest BCUT2D eigenvalue weighted by Gasteiger charge is -2.23. The summed E-state index contributed by atoms with van der Waals surface area (Å²) in [5.41, 5.74) is 0. The van der Waals surface area contributed by atoms with E-state index in [1.54, 1.807) is 0 Å². The monoisotopic (exact) mass is 207 g/mol. The van der Waals surface area contributed by atoms with E-state index in [9.17, 15) is 0 Å². The van der Waals surface area contributed by atoms with Crippen LogP contribution in [0, 0.1) is 23.7 Å². The van der Waals surface area contributed by atoms with Gasteiger partial charge in [-0.1, -0.05) is 20.3 Å². The quantitative estimate of drug-likeness (QED) is 0.683. The minimum absolute atomic E-state index is 0.709. The van der Waals surface area contributed by atoms with E-state index in [2.05, 4.69) is 31.0 Å². The highest BCUT2D eigenvalue weighted by atomic mass is 14.9. The lowest BCUT2D eigenvalue weighted by Crippen LogP contribution is -2.35. The van der Waals surface area contributed by atoms with Crippen molar-refractivity contribution in [3.8, 4) is 11.8 Å². The zero-order chi connectivity index (χ0) is 11.1. The van der Waals surface area contributed by atoms with E-state index in [1.807, 2.05) is 6.92 Å². The molecule has 0 radical (unpaired) electrons. The van der Waals surface area contributed by atoms with Gasteiger partial charge in [0.25, 0.3) is 0 Å². The Balaban J connectivity index is 2.37. The Hall–Kier alpha value is -0.480. The SMILES string of the molecule is CC#CCCC(NCC)C1CCC(C)C1. The Labute approximate surface area is 95.0 Å². The maximum atomic E-state index is 3.64. The molecule has 0 saturated heterocycles. The molecule has 0 aliphatic heterocycles. The van der Waals surface area contributed by atoms with Gasteiger partial charge in [-0.3, -0.25) is 0 Å². The molecule has 0 aromatic heterocycles. The number of hydrogen-bond acceptors (Lipinski definition) is 1. The standard InChI is InChI=1S/C14H25N/c1-4-6-7-8-14(15-5-2)13-10-9-12(3)11-13/h12-15H,5,7-11H2,1-3H3. The van der Waals surface area contributed by atoms with E-state index in [0.29, 0.717) is 6.04 Å². The molecule has 0 spiro atoms. The van der Waals surface area contributed by atoms with Crippen molar-refractivity contribution < 1.29 is 0 Å². The predicted octanol–water partition coefficient (Wildman–Crippen LogP) is 3.20. The number of nitrogens with one attached hydrogen (secondary N) is 1. The average molecular weight is 207 g/mol. The zero-order valence-corrected chi connectivity index (χ0v) is 10.5. The van der Waals surface area contributed by atoms with Gasteiger partial charge >= 0.3 is 0 Å². The molecule has 1 saturated carbocycles. The normalized spacial score (nSPS) is 27.1. The summed E-state index contributed by atoms with van der Waals surface area (Å²) in [4.78, 5) is 0. The fourth-order valence-electron chi connectivity index (χ4n) is 2.74. The van der Waals surface area contributed by atoms with E-state index in [-0.39, 0.29) is 0 Å². The van der Waals surface area contributed by atoms with Gasteiger partial charge in [0.2, 0.25) is 0 Å². The molecule has 1 N–H and O–H groups in total. The van der Waals surface area contributed by atoms with E-state index in [1.165, 1.54) is 25.7 Å². The summed E-state index contributed by atoms with van der Waals surface area (Å²) < 4.78 is 0. The minimum Gasteiger partial charge on any atom is -0.314 e. The number of hydrogen-bond donors (Lipinski definition) is 1. The summed E-state index contributed by atoms with van der Waals surface area (Å²) >= 11 is 0. The van der Waals surface area contributed by atoms with Crippen molar-refractivity contribution in [3.63, 3.8) is 0 Å². The highest BCUT2D eigenvalue weighted by Crippen LogP contribution is 2.33. The maximum Gasteiger partial charge on any atom is 0.0104 e. The molecule has 1 heteroatoms. The molecule has 0 aromatic carbocycles. The van der Waals surface area contributed by atoms with Crippen LogP contribution in [0.15, 0.2) is 0 Å². The molecule has 1 aliphatic carbocycles. The first-order valence-electron chi connectivity index (χ1n) is 6.40. The van der Waals surface area contributed by atoms with Crippen LogP contribution in [0.4, 0.5) is 0 Å². The summed E-state index contributed by atoms with van der Waals surface area (Å²) in [7, 11) is 0. The smallest absolute Gasteiger partial charge is 0.0104 e. The van der Waals surface area contributed by atoms with Crippen molar-refractivity contribution in [3.05, 3.63) is 0 Å². The third-order valence-corrected chi connectivity index (χ3v) is 3.53. The lowest BCUT2D eigenvalue weighted by molar-refractivity contribution is 0.341. The fraction of sp³-hybridized carbons (Fsp3) is 0.857. The largest absolute Gasteiger partial charge is 0.314 e. The van der Waals surface area contributed by atoms with Crippen molar-refractivity contribution in [1.82, 2.24) is 5.32 Å².